The van der Waals surface area contributed by atoms with Gasteiger partial charge in [0, 0.05) is 5.69 Å². The monoisotopic (exact) mass is 385 g/mol. The summed E-state index contributed by atoms with van der Waals surface area (Å²) in [5, 5.41) is 0. The van der Waals surface area contributed by atoms with Crippen LogP contribution in [0.4, 0.5) is 0 Å². The lowest BCUT2D eigenvalue weighted by molar-refractivity contribution is -0.146. The van der Waals surface area contributed by atoms with Crippen molar-refractivity contribution in [2.24, 2.45) is 0 Å². The largest absolute Gasteiger partial charge is 0.462 e. The Morgan fingerprint density at radius 3 is 2.32 bits per heavy atom. The van der Waals surface area contributed by atoms with E-state index >= 15 is 0 Å². The molecule has 1 aromatic carbocycles. The third kappa shape index (κ3) is 4.88. The molecule has 0 saturated carbocycles. The number of benzene rings is 1. The zero-order valence-corrected chi connectivity index (χ0v) is 17.0. The predicted molar refractivity (Wildman–Crippen MR) is 106 cm³/mol. The molecule has 0 amide bonds. The summed E-state index contributed by atoms with van der Waals surface area (Å²) in [5.74, 6) is -1.31. The maximum Gasteiger partial charge on any atom is 0.340 e. The molecule has 0 radical (unpaired) electrons. The van der Waals surface area contributed by atoms with Crippen LogP contribution in [0.2, 0.25) is 0 Å². The summed E-state index contributed by atoms with van der Waals surface area (Å²) in [4.78, 5) is 40.0. The van der Waals surface area contributed by atoms with Crippen LogP contribution < -0.4 is 0 Å². The highest BCUT2D eigenvalue weighted by Crippen LogP contribution is 2.22. The van der Waals surface area contributed by atoms with Crippen molar-refractivity contribution in [3.63, 3.8) is 0 Å². The summed E-state index contributed by atoms with van der Waals surface area (Å²) < 4.78 is 10.4. The van der Waals surface area contributed by atoms with Crippen molar-refractivity contribution < 1.29 is 23.9 Å². The van der Waals surface area contributed by atoms with Crippen molar-refractivity contribution in [1.82, 2.24) is 4.98 Å². The van der Waals surface area contributed by atoms with E-state index in [4.69, 9.17) is 9.47 Å². The summed E-state index contributed by atoms with van der Waals surface area (Å²) in [5.41, 5.74) is 2.70. The van der Waals surface area contributed by atoms with Crippen molar-refractivity contribution in [3.8, 4) is 0 Å². The molecule has 150 valence electrons. The quantitative estimate of drug-likeness (QED) is 0.546. The number of Topliss-reactive ketones (excluding diaryl/α,β-unsaturated/α-hetero) is 1. The molecule has 0 unspecified atom stereocenters. The first kappa shape index (κ1) is 21.4. The summed E-state index contributed by atoms with van der Waals surface area (Å²) in [6.45, 7) is 8.82. The number of carbonyl (C=O) groups excluding carboxylic acids is 3. The first-order chi connectivity index (χ1) is 13.3. The fourth-order valence-corrected chi connectivity index (χ4v) is 3.16. The molecule has 6 heteroatoms. The summed E-state index contributed by atoms with van der Waals surface area (Å²) >= 11 is 0. The van der Waals surface area contributed by atoms with E-state index in [9.17, 15) is 14.4 Å². The molecule has 28 heavy (non-hydrogen) atoms. The highest BCUT2D eigenvalue weighted by Gasteiger charge is 2.27. The molecule has 1 N–H and O–H groups in total. The van der Waals surface area contributed by atoms with Gasteiger partial charge in [-0.2, -0.15) is 0 Å². The zero-order valence-electron chi connectivity index (χ0n) is 17.0. The van der Waals surface area contributed by atoms with Gasteiger partial charge in [0.1, 0.15) is 0 Å². The first-order valence-electron chi connectivity index (χ1n) is 9.41. The molecular weight excluding hydrogens is 358 g/mol. The average molecular weight is 385 g/mol. The van der Waals surface area contributed by atoms with Crippen molar-refractivity contribution in [2.45, 2.75) is 53.1 Å². The van der Waals surface area contributed by atoms with E-state index in [2.05, 4.69) is 4.98 Å². The van der Waals surface area contributed by atoms with E-state index in [1.54, 1.807) is 20.8 Å². The van der Waals surface area contributed by atoms with E-state index in [0.29, 0.717) is 16.8 Å². The third-order valence-electron chi connectivity index (χ3n) is 4.68. The summed E-state index contributed by atoms with van der Waals surface area (Å²) in [7, 11) is 0. The van der Waals surface area contributed by atoms with Gasteiger partial charge in [0.05, 0.1) is 24.3 Å². The fraction of sp³-hybridized carbons (Fsp3) is 0.409. The minimum atomic E-state index is -0.956. The molecule has 0 aliphatic rings. The SMILES string of the molecule is CCOC(=O)c1c(C)[nH]c(C(=O)[C@H](C)OC(=O)C[C@H](C)c2ccccc2)c1C. The number of ether oxygens (including phenoxy) is 2. The van der Waals surface area contributed by atoms with Gasteiger partial charge in [0.15, 0.2) is 6.10 Å². The fourth-order valence-electron chi connectivity index (χ4n) is 3.16. The van der Waals surface area contributed by atoms with Crippen LogP contribution in [0.25, 0.3) is 0 Å². The number of rotatable bonds is 8. The maximum atomic E-state index is 12.7. The number of aromatic amines is 1. The molecule has 2 rings (SSSR count). The Labute approximate surface area is 165 Å². The van der Waals surface area contributed by atoms with Crippen molar-refractivity contribution >= 4 is 17.7 Å². The molecular formula is C22H27NO5. The molecule has 1 aromatic heterocycles. The Balaban J connectivity index is 2.05. The van der Waals surface area contributed by atoms with Crippen LogP contribution in [0.1, 0.15) is 70.8 Å². The molecule has 0 aliphatic heterocycles. The Kier molecular flexibility index (Phi) is 7.15. The minimum Gasteiger partial charge on any atom is -0.462 e. The number of esters is 2. The number of nitrogens with one attached hydrogen (secondary N) is 1. The standard InChI is InChI=1S/C22H27NO5/c1-6-27-22(26)19-14(3)20(23-15(19)4)21(25)16(5)28-18(24)12-13(2)17-10-8-7-9-11-17/h7-11,13,16,23H,6,12H2,1-5H3/t13-,16-/m0/s1. The number of H-pyrrole nitrogens is 1. The van der Waals surface area contributed by atoms with Crippen LogP contribution >= 0.6 is 0 Å². The number of aryl methyl sites for hydroxylation is 1. The number of hydrogen-bond donors (Lipinski definition) is 1. The van der Waals surface area contributed by atoms with Crippen molar-refractivity contribution in [3.05, 3.63) is 58.4 Å². The molecule has 0 aliphatic carbocycles. The lowest BCUT2D eigenvalue weighted by atomic mass is 9.98. The number of hydrogen-bond acceptors (Lipinski definition) is 5. The Morgan fingerprint density at radius 1 is 1.07 bits per heavy atom. The van der Waals surface area contributed by atoms with Gasteiger partial charge in [-0.25, -0.2) is 4.79 Å². The second kappa shape index (κ2) is 9.35. The van der Waals surface area contributed by atoms with Crippen LogP contribution in [-0.4, -0.2) is 35.4 Å². The zero-order chi connectivity index (χ0) is 20.8. The third-order valence-corrected chi connectivity index (χ3v) is 4.68. The number of aromatic nitrogens is 1. The van der Waals surface area contributed by atoms with E-state index in [-0.39, 0.29) is 30.4 Å². The lowest BCUT2D eigenvalue weighted by Gasteiger charge is -2.15. The molecule has 0 bridgehead atoms. The van der Waals surface area contributed by atoms with Gasteiger partial charge in [-0.3, -0.25) is 9.59 Å². The van der Waals surface area contributed by atoms with Gasteiger partial charge in [-0.05, 0) is 44.7 Å². The average Bonchev–Trinajstić information content (AvgIpc) is 2.96. The van der Waals surface area contributed by atoms with E-state index in [1.807, 2.05) is 37.3 Å². The Morgan fingerprint density at radius 2 is 1.71 bits per heavy atom. The van der Waals surface area contributed by atoms with Crippen LogP contribution in [-0.2, 0) is 14.3 Å². The molecule has 6 nitrogen and oxygen atoms in total. The van der Waals surface area contributed by atoms with Crippen LogP contribution in [0, 0.1) is 13.8 Å². The number of carbonyl (C=O) groups is 3. The lowest BCUT2D eigenvalue weighted by Crippen LogP contribution is -2.26. The summed E-state index contributed by atoms with van der Waals surface area (Å²) in [6.07, 6.45) is -0.777. The minimum absolute atomic E-state index is 0.0131. The van der Waals surface area contributed by atoms with E-state index in [1.165, 1.54) is 6.92 Å². The normalized spacial score (nSPS) is 12.9. The highest BCUT2D eigenvalue weighted by atomic mass is 16.5. The van der Waals surface area contributed by atoms with Crippen molar-refractivity contribution in [2.75, 3.05) is 6.61 Å². The molecule has 0 spiro atoms. The highest BCUT2D eigenvalue weighted by molar-refractivity contribution is 6.04. The molecule has 0 fully saturated rings. The van der Waals surface area contributed by atoms with Gasteiger partial charge in [-0.15, -0.1) is 0 Å². The van der Waals surface area contributed by atoms with E-state index < -0.39 is 18.0 Å². The number of ketones is 1. The van der Waals surface area contributed by atoms with E-state index in [0.717, 1.165) is 5.56 Å². The maximum absolute atomic E-state index is 12.7. The van der Waals surface area contributed by atoms with Gasteiger partial charge in [-0.1, -0.05) is 37.3 Å². The predicted octanol–water partition coefficient (Wildman–Crippen LogP) is 4.12. The summed E-state index contributed by atoms with van der Waals surface area (Å²) in [6, 6.07) is 9.66. The first-order valence-corrected chi connectivity index (χ1v) is 9.41. The van der Waals surface area contributed by atoms with Gasteiger partial charge in [0.2, 0.25) is 5.78 Å². The van der Waals surface area contributed by atoms with Crippen molar-refractivity contribution in [1.29, 1.82) is 0 Å². The van der Waals surface area contributed by atoms with Gasteiger partial charge >= 0.3 is 11.9 Å². The second-order valence-corrected chi connectivity index (χ2v) is 6.86. The Bertz CT molecular complexity index is 853. The molecule has 2 atom stereocenters. The Hall–Kier alpha value is -2.89. The molecule has 2 aromatic rings. The van der Waals surface area contributed by atoms with Gasteiger partial charge < -0.3 is 14.5 Å². The smallest absolute Gasteiger partial charge is 0.340 e. The van der Waals surface area contributed by atoms with Crippen LogP contribution in [0.15, 0.2) is 30.3 Å². The van der Waals surface area contributed by atoms with Gasteiger partial charge in [0.25, 0.3) is 0 Å². The topological polar surface area (TPSA) is 85.5 Å². The molecule has 1 heterocycles. The van der Waals surface area contributed by atoms with Crippen LogP contribution in [0.3, 0.4) is 0 Å². The van der Waals surface area contributed by atoms with Crippen LogP contribution in [0.5, 0.6) is 0 Å². The molecule has 0 saturated heterocycles. The second-order valence-electron chi connectivity index (χ2n) is 6.86.